The van der Waals surface area contributed by atoms with Gasteiger partial charge >= 0.3 is 6.18 Å². The second-order valence-electron chi connectivity index (χ2n) is 5.48. The molecule has 3 aromatic rings. The van der Waals surface area contributed by atoms with E-state index in [1.165, 1.54) is 4.68 Å². The first kappa shape index (κ1) is 17.3. The van der Waals surface area contributed by atoms with Crippen LogP contribution >= 0.6 is 11.6 Å². The molecule has 0 aliphatic heterocycles. The topological polar surface area (TPSA) is 39.8 Å². The first-order valence-corrected chi connectivity index (χ1v) is 7.72. The van der Waals surface area contributed by atoms with Crippen molar-refractivity contribution in [1.82, 2.24) is 14.3 Å². The Morgan fingerprint density at radius 2 is 1.80 bits per heavy atom. The molecule has 0 radical (unpaired) electrons. The third-order valence-electron chi connectivity index (χ3n) is 3.76. The monoisotopic (exact) mass is 367 g/mol. The number of pyridine rings is 1. The summed E-state index contributed by atoms with van der Waals surface area (Å²) in [4.78, 5) is 11.9. The van der Waals surface area contributed by atoms with Crippen molar-refractivity contribution < 1.29 is 13.2 Å². The van der Waals surface area contributed by atoms with Gasteiger partial charge in [0, 0.05) is 17.8 Å². The second-order valence-corrected chi connectivity index (χ2v) is 5.84. The van der Waals surface area contributed by atoms with Crippen LogP contribution in [0.5, 0.6) is 0 Å². The first-order valence-electron chi connectivity index (χ1n) is 7.34. The maximum Gasteiger partial charge on any atom is 0.417 e. The van der Waals surface area contributed by atoms with Gasteiger partial charge in [-0.05, 0) is 25.1 Å². The van der Waals surface area contributed by atoms with Crippen molar-refractivity contribution in [3.8, 4) is 5.69 Å². The minimum Gasteiger partial charge on any atom is -0.310 e. The summed E-state index contributed by atoms with van der Waals surface area (Å²) < 4.78 is 41.1. The molecule has 0 N–H and O–H groups in total. The molecule has 3 rings (SSSR count). The number of benzene rings is 1. The SMILES string of the molecule is Cc1nn(-c2ccccc2)c(Cl)c1Cn1cc(C(F)(F)F)ccc1=O. The van der Waals surface area contributed by atoms with Gasteiger partial charge in [0.1, 0.15) is 5.15 Å². The van der Waals surface area contributed by atoms with E-state index < -0.39 is 17.3 Å². The van der Waals surface area contributed by atoms with Crippen molar-refractivity contribution in [1.29, 1.82) is 0 Å². The third kappa shape index (κ3) is 3.46. The van der Waals surface area contributed by atoms with E-state index >= 15 is 0 Å². The molecule has 0 saturated carbocycles. The standard InChI is InChI=1S/C17H13ClF3N3O/c1-11-14(16(18)24(22-11)13-5-3-2-4-6-13)10-23-9-12(17(19,20)21)7-8-15(23)25/h2-9H,10H2,1H3. The fourth-order valence-corrected chi connectivity index (χ4v) is 2.78. The van der Waals surface area contributed by atoms with Gasteiger partial charge in [0.25, 0.3) is 5.56 Å². The number of alkyl halides is 3. The highest BCUT2D eigenvalue weighted by molar-refractivity contribution is 6.30. The van der Waals surface area contributed by atoms with Crippen molar-refractivity contribution >= 4 is 11.6 Å². The van der Waals surface area contributed by atoms with Crippen LogP contribution in [0.3, 0.4) is 0 Å². The van der Waals surface area contributed by atoms with Gasteiger partial charge < -0.3 is 4.57 Å². The average Bonchev–Trinajstić information content (AvgIpc) is 2.84. The first-order chi connectivity index (χ1) is 11.8. The Balaban J connectivity index is 2.03. The van der Waals surface area contributed by atoms with Crippen molar-refractivity contribution in [2.75, 3.05) is 0 Å². The molecule has 2 aromatic heterocycles. The summed E-state index contributed by atoms with van der Waals surface area (Å²) in [5, 5.41) is 4.58. The van der Waals surface area contributed by atoms with E-state index in [9.17, 15) is 18.0 Å². The molecule has 0 bridgehead atoms. The number of hydrogen-bond acceptors (Lipinski definition) is 2. The van der Waals surface area contributed by atoms with Gasteiger partial charge in [0.2, 0.25) is 0 Å². The minimum atomic E-state index is -4.53. The lowest BCUT2D eigenvalue weighted by molar-refractivity contribution is -0.138. The molecule has 4 nitrogen and oxygen atoms in total. The van der Waals surface area contributed by atoms with Crippen LogP contribution in [0.2, 0.25) is 5.15 Å². The number of aromatic nitrogens is 3. The summed E-state index contributed by atoms with van der Waals surface area (Å²) >= 11 is 6.36. The molecule has 130 valence electrons. The van der Waals surface area contributed by atoms with Gasteiger partial charge in [0.05, 0.1) is 23.5 Å². The Hall–Kier alpha value is -2.54. The molecule has 0 amide bonds. The van der Waals surface area contributed by atoms with Gasteiger partial charge in [-0.25, -0.2) is 4.68 Å². The molecule has 1 aromatic carbocycles. The fraction of sp³-hybridized carbons (Fsp3) is 0.176. The molecule has 0 fully saturated rings. The summed E-state index contributed by atoms with van der Waals surface area (Å²) in [5.41, 5.74) is 0.315. The van der Waals surface area contributed by atoms with Crippen LogP contribution in [-0.4, -0.2) is 14.3 Å². The summed E-state index contributed by atoms with van der Waals surface area (Å²) in [7, 11) is 0. The number of halogens is 4. The minimum absolute atomic E-state index is 0.0970. The van der Waals surface area contributed by atoms with E-state index in [4.69, 9.17) is 11.6 Å². The maximum atomic E-state index is 12.9. The zero-order chi connectivity index (χ0) is 18.2. The lowest BCUT2D eigenvalue weighted by Crippen LogP contribution is -2.22. The largest absolute Gasteiger partial charge is 0.417 e. The third-order valence-corrected chi connectivity index (χ3v) is 4.15. The molecule has 8 heteroatoms. The zero-order valence-electron chi connectivity index (χ0n) is 13.1. The molecular formula is C17H13ClF3N3O. The molecule has 2 heterocycles. The summed E-state index contributed by atoms with van der Waals surface area (Å²) in [6.45, 7) is 1.60. The average molecular weight is 368 g/mol. The van der Waals surface area contributed by atoms with Crippen LogP contribution in [-0.2, 0) is 12.7 Å². The van der Waals surface area contributed by atoms with Crippen molar-refractivity contribution in [3.63, 3.8) is 0 Å². The Kier molecular flexibility index (Phi) is 4.43. The van der Waals surface area contributed by atoms with Crippen molar-refractivity contribution in [3.05, 3.63) is 81.0 Å². The molecule has 0 saturated heterocycles. The molecule has 25 heavy (non-hydrogen) atoms. The number of rotatable bonds is 3. The van der Waals surface area contributed by atoms with Crippen molar-refractivity contribution in [2.24, 2.45) is 0 Å². The van der Waals surface area contributed by atoms with E-state index in [0.29, 0.717) is 11.3 Å². The van der Waals surface area contributed by atoms with Crippen LogP contribution in [0, 0.1) is 6.92 Å². The molecule has 0 atom stereocenters. The lowest BCUT2D eigenvalue weighted by atomic mass is 10.2. The van der Waals surface area contributed by atoms with Crippen LogP contribution in [0.25, 0.3) is 5.69 Å². The van der Waals surface area contributed by atoms with E-state index in [-0.39, 0.29) is 11.7 Å². The van der Waals surface area contributed by atoms with E-state index in [1.807, 2.05) is 18.2 Å². The summed E-state index contributed by atoms with van der Waals surface area (Å²) in [6.07, 6.45) is -3.74. The predicted octanol–water partition coefficient (Wildman–Crippen LogP) is 4.06. The maximum absolute atomic E-state index is 12.9. The number of aryl methyl sites for hydroxylation is 1. The Morgan fingerprint density at radius 1 is 1.12 bits per heavy atom. The molecule has 0 unspecified atom stereocenters. The highest BCUT2D eigenvalue weighted by Crippen LogP contribution is 2.29. The van der Waals surface area contributed by atoms with E-state index in [0.717, 1.165) is 28.6 Å². The van der Waals surface area contributed by atoms with E-state index in [1.54, 1.807) is 19.1 Å². The van der Waals surface area contributed by atoms with Gasteiger partial charge in [-0.1, -0.05) is 29.8 Å². The Labute approximate surface area is 146 Å². The molecular weight excluding hydrogens is 355 g/mol. The van der Waals surface area contributed by atoms with Crippen molar-refractivity contribution in [2.45, 2.75) is 19.6 Å². The lowest BCUT2D eigenvalue weighted by Gasteiger charge is -2.10. The van der Waals surface area contributed by atoms with Crippen LogP contribution in [0.4, 0.5) is 13.2 Å². The molecule has 0 spiro atoms. The number of para-hydroxylation sites is 1. The second kappa shape index (κ2) is 6.40. The summed E-state index contributed by atoms with van der Waals surface area (Å²) in [6, 6.07) is 10.8. The number of hydrogen-bond donors (Lipinski definition) is 0. The highest BCUT2D eigenvalue weighted by Gasteiger charge is 2.31. The quantitative estimate of drug-likeness (QED) is 0.700. The zero-order valence-corrected chi connectivity index (χ0v) is 13.8. The van der Waals surface area contributed by atoms with Gasteiger partial charge in [-0.15, -0.1) is 0 Å². The highest BCUT2D eigenvalue weighted by atomic mass is 35.5. The fourth-order valence-electron chi connectivity index (χ4n) is 2.44. The Morgan fingerprint density at radius 3 is 2.44 bits per heavy atom. The van der Waals surface area contributed by atoms with Gasteiger partial charge in [-0.2, -0.15) is 18.3 Å². The number of nitrogens with zero attached hydrogens (tertiary/aromatic N) is 3. The van der Waals surface area contributed by atoms with E-state index in [2.05, 4.69) is 5.10 Å². The van der Waals surface area contributed by atoms with Gasteiger partial charge in [0.15, 0.2) is 0 Å². The normalized spacial score (nSPS) is 11.7. The smallest absolute Gasteiger partial charge is 0.310 e. The van der Waals surface area contributed by atoms with Crippen LogP contribution < -0.4 is 5.56 Å². The molecule has 0 aliphatic carbocycles. The Bertz CT molecular complexity index is 962. The van der Waals surface area contributed by atoms with Crippen LogP contribution in [0.1, 0.15) is 16.8 Å². The summed E-state index contributed by atoms with van der Waals surface area (Å²) in [5.74, 6) is 0. The molecule has 0 aliphatic rings. The van der Waals surface area contributed by atoms with Gasteiger partial charge in [-0.3, -0.25) is 4.79 Å². The predicted molar refractivity (Wildman–Crippen MR) is 88.1 cm³/mol. The van der Waals surface area contributed by atoms with Crippen LogP contribution in [0.15, 0.2) is 53.5 Å².